The van der Waals surface area contributed by atoms with Gasteiger partial charge in [-0.1, -0.05) is 6.92 Å². The van der Waals surface area contributed by atoms with Gasteiger partial charge in [0.15, 0.2) is 0 Å². The van der Waals surface area contributed by atoms with Gasteiger partial charge >= 0.3 is 12.2 Å². The van der Waals surface area contributed by atoms with Crippen LogP contribution in [-0.4, -0.2) is 32.6 Å². The summed E-state index contributed by atoms with van der Waals surface area (Å²) in [5.41, 5.74) is 0. The quantitative estimate of drug-likeness (QED) is 0.630. The summed E-state index contributed by atoms with van der Waals surface area (Å²) in [7, 11) is 1.24. The molecule has 0 aliphatic heterocycles. The number of carbonyl (C=O) groups excluding carboxylic acids is 2. The molecule has 0 aliphatic rings. The molecule has 6 nitrogen and oxygen atoms in total. The van der Waals surface area contributed by atoms with E-state index in [1.807, 2.05) is 6.92 Å². The molecule has 6 heteroatoms. The van der Waals surface area contributed by atoms with Crippen molar-refractivity contribution in [1.29, 1.82) is 0 Å². The van der Waals surface area contributed by atoms with Gasteiger partial charge in [0.1, 0.15) is 0 Å². The van der Waals surface area contributed by atoms with Crippen molar-refractivity contribution in [2.75, 3.05) is 20.4 Å². The number of hydrogen-bond acceptors (Lipinski definition) is 4. The molecule has 0 saturated heterocycles. The molecule has 0 rings (SSSR count). The van der Waals surface area contributed by atoms with Crippen molar-refractivity contribution in [2.24, 2.45) is 0 Å². The molecule has 0 bridgehead atoms. The number of hydrogen-bond donors (Lipinski definition) is 2. The molecule has 0 spiro atoms. The highest BCUT2D eigenvalue weighted by molar-refractivity contribution is 5.69. The van der Waals surface area contributed by atoms with Gasteiger partial charge in [0, 0.05) is 0 Å². The maximum atomic E-state index is 10.7. The Kier molecular flexibility index (Phi) is 6.39. The molecule has 0 unspecified atom stereocenters. The molecule has 0 atom stereocenters. The first-order valence-corrected chi connectivity index (χ1v) is 3.93. The summed E-state index contributed by atoms with van der Waals surface area (Å²) in [6.07, 6.45) is -0.397. The first-order valence-electron chi connectivity index (χ1n) is 3.93. The van der Waals surface area contributed by atoms with Crippen molar-refractivity contribution in [3.63, 3.8) is 0 Å². The van der Waals surface area contributed by atoms with E-state index < -0.39 is 12.2 Å². The van der Waals surface area contributed by atoms with E-state index >= 15 is 0 Å². The molecule has 0 radical (unpaired) electrons. The minimum atomic E-state index is -0.601. The number of ether oxygens (including phenoxy) is 2. The van der Waals surface area contributed by atoms with Gasteiger partial charge in [-0.05, 0) is 6.42 Å². The third-order valence-electron chi connectivity index (χ3n) is 1.09. The van der Waals surface area contributed by atoms with E-state index in [2.05, 4.69) is 20.1 Å². The summed E-state index contributed by atoms with van der Waals surface area (Å²) < 4.78 is 8.94. The first-order chi connectivity index (χ1) is 6.20. The summed E-state index contributed by atoms with van der Waals surface area (Å²) >= 11 is 0. The monoisotopic (exact) mass is 190 g/mol. The van der Waals surface area contributed by atoms with E-state index in [1.165, 1.54) is 7.11 Å². The Labute approximate surface area is 76.6 Å². The Balaban J connectivity index is 3.31. The van der Waals surface area contributed by atoms with E-state index in [4.69, 9.17) is 0 Å². The van der Waals surface area contributed by atoms with E-state index in [9.17, 15) is 9.59 Å². The number of rotatable bonds is 4. The molecule has 2 N–H and O–H groups in total. The van der Waals surface area contributed by atoms with Crippen molar-refractivity contribution in [3.05, 3.63) is 0 Å². The predicted molar refractivity (Wildman–Crippen MR) is 45.2 cm³/mol. The lowest BCUT2D eigenvalue weighted by molar-refractivity contribution is 0.143. The number of methoxy groups -OCH3 is 1. The SMILES string of the molecule is CCCOC(=O)NCNC(=O)OC. The average molecular weight is 190 g/mol. The fraction of sp³-hybridized carbons (Fsp3) is 0.714. The van der Waals surface area contributed by atoms with E-state index in [-0.39, 0.29) is 6.67 Å². The smallest absolute Gasteiger partial charge is 0.408 e. The van der Waals surface area contributed by atoms with E-state index in [1.54, 1.807) is 0 Å². The summed E-state index contributed by atoms with van der Waals surface area (Å²) in [5.74, 6) is 0. The lowest BCUT2D eigenvalue weighted by Crippen LogP contribution is -2.37. The van der Waals surface area contributed by atoms with Gasteiger partial charge in [0.25, 0.3) is 0 Å². The van der Waals surface area contributed by atoms with Gasteiger partial charge in [-0.2, -0.15) is 0 Å². The number of nitrogens with one attached hydrogen (secondary N) is 2. The highest BCUT2D eigenvalue weighted by Gasteiger charge is 2.01. The lowest BCUT2D eigenvalue weighted by Gasteiger charge is -2.06. The van der Waals surface area contributed by atoms with Crippen LogP contribution in [0.25, 0.3) is 0 Å². The summed E-state index contributed by atoms with van der Waals surface area (Å²) in [5, 5.41) is 4.58. The first kappa shape index (κ1) is 11.5. The zero-order valence-electron chi connectivity index (χ0n) is 7.75. The Bertz CT molecular complexity index is 172. The van der Waals surface area contributed by atoms with Crippen LogP contribution in [0.2, 0.25) is 0 Å². The Hall–Kier alpha value is -1.46. The van der Waals surface area contributed by atoms with E-state index in [0.29, 0.717) is 6.61 Å². The molecule has 0 aromatic carbocycles. The molecule has 0 fully saturated rings. The Morgan fingerprint density at radius 2 is 1.85 bits per heavy atom. The zero-order valence-corrected chi connectivity index (χ0v) is 7.75. The van der Waals surface area contributed by atoms with Crippen LogP contribution in [0.3, 0.4) is 0 Å². The van der Waals surface area contributed by atoms with Crippen LogP contribution in [0, 0.1) is 0 Å². The fourth-order valence-corrected chi connectivity index (χ4v) is 0.506. The average Bonchev–Trinajstić information content (AvgIpc) is 2.14. The van der Waals surface area contributed by atoms with Crippen molar-refractivity contribution in [2.45, 2.75) is 13.3 Å². The molecule has 0 aromatic rings. The second kappa shape index (κ2) is 7.20. The van der Waals surface area contributed by atoms with Crippen molar-refractivity contribution in [1.82, 2.24) is 10.6 Å². The second-order valence-corrected chi connectivity index (χ2v) is 2.16. The molecule has 76 valence electrons. The van der Waals surface area contributed by atoms with Gasteiger partial charge in [0.05, 0.1) is 20.4 Å². The second-order valence-electron chi connectivity index (χ2n) is 2.16. The van der Waals surface area contributed by atoms with Gasteiger partial charge in [-0.25, -0.2) is 9.59 Å². The van der Waals surface area contributed by atoms with Crippen LogP contribution in [0.5, 0.6) is 0 Å². The molecular formula is C7H14N2O4. The third kappa shape index (κ3) is 6.92. The summed E-state index contributed by atoms with van der Waals surface area (Å²) in [6, 6.07) is 0. The minimum absolute atomic E-state index is 0.00474. The topological polar surface area (TPSA) is 76.7 Å². The van der Waals surface area contributed by atoms with Crippen LogP contribution in [0.15, 0.2) is 0 Å². The minimum Gasteiger partial charge on any atom is -0.453 e. The lowest BCUT2D eigenvalue weighted by atomic mass is 10.5. The van der Waals surface area contributed by atoms with Crippen molar-refractivity contribution >= 4 is 12.2 Å². The largest absolute Gasteiger partial charge is 0.453 e. The molecule has 2 amide bonds. The number of carbonyl (C=O) groups is 2. The Morgan fingerprint density at radius 3 is 2.38 bits per heavy atom. The molecule has 0 aromatic heterocycles. The van der Waals surface area contributed by atoms with Gasteiger partial charge < -0.3 is 20.1 Å². The number of amides is 2. The zero-order chi connectivity index (χ0) is 10.1. The normalized spacial score (nSPS) is 8.77. The Morgan fingerprint density at radius 1 is 1.23 bits per heavy atom. The number of alkyl carbamates (subject to hydrolysis) is 2. The molecule has 13 heavy (non-hydrogen) atoms. The fourth-order valence-electron chi connectivity index (χ4n) is 0.506. The van der Waals surface area contributed by atoms with Crippen LogP contribution in [-0.2, 0) is 9.47 Å². The molecule has 0 saturated carbocycles. The third-order valence-corrected chi connectivity index (χ3v) is 1.09. The maximum Gasteiger partial charge on any atom is 0.408 e. The highest BCUT2D eigenvalue weighted by Crippen LogP contribution is 1.80. The van der Waals surface area contributed by atoms with Gasteiger partial charge in [-0.15, -0.1) is 0 Å². The van der Waals surface area contributed by atoms with Crippen LogP contribution in [0.4, 0.5) is 9.59 Å². The molecule has 0 heterocycles. The van der Waals surface area contributed by atoms with Gasteiger partial charge in [0.2, 0.25) is 0 Å². The molecular weight excluding hydrogens is 176 g/mol. The van der Waals surface area contributed by atoms with Crippen molar-refractivity contribution in [3.8, 4) is 0 Å². The van der Waals surface area contributed by atoms with Crippen LogP contribution in [0.1, 0.15) is 13.3 Å². The van der Waals surface area contributed by atoms with E-state index in [0.717, 1.165) is 6.42 Å². The standard InChI is InChI=1S/C7H14N2O4/c1-3-4-13-7(11)9-5-8-6(10)12-2/h3-5H2,1-2H3,(H,8,10)(H,9,11). The molecule has 0 aliphatic carbocycles. The van der Waals surface area contributed by atoms with Crippen LogP contribution >= 0.6 is 0 Å². The summed E-state index contributed by atoms with van der Waals surface area (Å²) in [4.78, 5) is 21.2. The predicted octanol–water partition coefficient (Wildman–Crippen LogP) is 0.436. The van der Waals surface area contributed by atoms with Crippen molar-refractivity contribution < 1.29 is 19.1 Å². The summed E-state index contributed by atoms with van der Waals surface area (Å²) in [6.45, 7) is 2.25. The van der Waals surface area contributed by atoms with Gasteiger partial charge in [-0.3, -0.25) is 0 Å². The highest BCUT2D eigenvalue weighted by atomic mass is 16.6. The maximum absolute atomic E-state index is 10.7. The van der Waals surface area contributed by atoms with Crippen LogP contribution < -0.4 is 10.6 Å².